The summed E-state index contributed by atoms with van der Waals surface area (Å²) in [6, 6.07) is 20.6. The Labute approximate surface area is 192 Å². The van der Waals surface area contributed by atoms with Crippen LogP contribution in [0, 0.1) is 0 Å². The molecule has 7 nitrogen and oxygen atoms in total. The Kier molecular flexibility index (Phi) is 5.46. The molecular weight excluding hydrogens is 440 g/mol. The summed E-state index contributed by atoms with van der Waals surface area (Å²) in [6.07, 6.45) is 1.74. The minimum Gasteiger partial charge on any atom is -0.486 e. The zero-order chi connectivity index (χ0) is 23.0. The van der Waals surface area contributed by atoms with Gasteiger partial charge in [-0.1, -0.05) is 24.3 Å². The van der Waals surface area contributed by atoms with E-state index in [0.29, 0.717) is 11.4 Å². The molecule has 1 aliphatic heterocycles. The zero-order valence-corrected chi connectivity index (χ0v) is 18.7. The van der Waals surface area contributed by atoms with Crippen molar-refractivity contribution < 1.29 is 22.7 Å². The molecule has 1 saturated heterocycles. The average molecular weight is 465 g/mol. The van der Waals surface area contributed by atoms with Crippen LogP contribution in [0.3, 0.4) is 0 Å². The van der Waals surface area contributed by atoms with Gasteiger partial charge in [0.1, 0.15) is 23.4 Å². The van der Waals surface area contributed by atoms with Crippen molar-refractivity contribution in [3.8, 4) is 17.2 Å². The molecule has 3 N–H and O–H groups in total. The van der Waals surface area contributed by atoms with E-state index in [-0.39, 0.29) is 24.2 Å². The van der Waals surface area contributed by atoms with Crippen LogP contribution < -0.4 is 19.9 Å². The summed E-state index contributed by atoms with van der Waals surface area (Å²) in [5.41, 5.74) is 9.49. The summed E-state index contributed by atoms with van der Waals surface area (Å²) in [5, 5.41) is 0. The van der Waals surface area contributed by atoms with Crippen molar-refractivity contribution in [1.29, 1.82) is 0 Å². The number of amides is 1. The minimum atomic E-state index is -3.57. The van der Waals surface area contributed by atoms with E-state index in [1.165, 1.54) is 0 Å². The molecule has 170 valence electrons. The summed E-state index contributed by atoms with van der Waals surface area (Å²) in [7, 11) is -3.57. The van der Waals surface area contributed by atoms with Gasteiger partial charge >= 0.3 is 0 Å². The molecule has 1 amide bonds. The summed E-state index contributed by atoms with van der Waals surface area (Å²) in [6.45, 7) is 0. The molecule has 33 heavy (non-hydrogen) atoms. The molecule has 3 aromatic carbocycles. The number of ether oxygens (including phenoxy) is 2. The Morgan fingerprint density at radius 3 is 2.39 bits per heavy atom. The van der Waals surface area contributed by atoms with Gasteiger partial charge in [0.2, 0.25) is 15.9 Å². The Bertz CT molecular complexity index is 1290. The maximum Gasteiger partial charge on any atom is 0.235 e. The molecule has 3 aromatic rings. The second kappa shape index (κ2) is 8.44. The fourth-order valence-electron chi connectivity index (χ4n) is 4.46. The molecule has 2 aliphatic rings. The number of rotatable bonds is 5. The summed E-state index contributed by atoms with van der Waals surface area (Å²) >= 11 is 0. The Morgan fingerprint density at radius 2 is 1.67 bits per heavy atom. The van der Waals surface area contributed by atoms with E-state index < -0.39 is 15.9 Å². The van der Waals surface area contributed by atoms with Crippen LogP contribution in [0.2, 0.25) is 0 Å². The van der Waals surface area contributed by atoms with Crippen molar-refractivity contribution >= 4 is 21.6 Å². The molecule has 0 radical (unpaired) electrons. The van der Waals surface area contributed by atoms with E-state index >= 15 is 0 Å². The Balaban J connectivity index is 1.30. The van der Waals surface area contributed by atoms with Crippen molar-refractivity contribution in [2.75, 3.05) is 11.5 Å². The lowest BCUT2D eigenvalue weighted by molar-refractivity contribution is -0.119. The second-order valence-corrected chi connectivity index (χ2v) is 10.2. The largest absolute Gasteiger partial charge is 0.486 e. The van der Waals surface area contributed by atoms with Crippen LogP contribution in [-0.4, -0.2) is 20.1 Å². The van der Waals surface area contributed by atoms with E-state index in [2.05, 4.69) is 6.07 Å². The lowest BCUT2D eigenvalue weighted by Crippen LogP contribution is -2.40. The number of nitrogens with two attached hydrogens (primary N) is 1. The van der Waals surface area contributed by atoms with Gasteiger partial charge in [0.15, 0.2) is 0 Å². The van der Waals surface area contributed by atoms with Gasteiger partial charge in [0, 0.05) is 23.6 Å². The Hall–Kier alpha value is -3.52. The van der Waals surface area contributed by atoms with Crippen molar-refractivity contribution in [3.05, 3.63) is 83.4 Å². The number of hydrogen-bond donors (Lipinski definition) is 2. The van der Waals surface area contributed by atoms with Crippen molar-refractivity contribution in [3.63, 3.8) is 0 Å². The molecule has 0 spiro atoms. The molecule has 0 aromatic heterocycles. The average Bonchev–Trinajstić information content (AvgIpc) is 3.18. The van der Waals surface area contributed by atoms with Crippen molar-refractivity contribution in [1.82, 2.24) is 4.72 Å². The van der Waals surface area contributed by atoms with Crippen LogP contribution in [0.15, 0.2) is 66.7 Å². The van der Waals surface area contributed by atoms with E-state index in [9.17, 15) is 13.2 Å². The van der Waals surface area contributed by atoms with Crippen molar-refractivity contribution in [2.45, 2.75) is 31.3 Å². The maximum atomic E-state index is 11.8. The van der Waals surface area contributed by atoms with Gasteiger partial charge in [-0.3, -0.25) is 9.52 Å². The Morgan fingerprint density at radius 1 is 0.939 bits per heavy atom. The molecule has 8 heteroatoms. The summed E-state index contributed by atoms with van der Waals surface area (Å²) in [5.74, 6) is 1.34. The van der Waals surface area contributed by atoms with Gasteiger partial charge in [0.05, 0.1) is 5.75 Å². The van der Waals surface area contributed by atoms with Crippen LogP contribution in [0.5, 0.6) is 17.2 Å². The number of carbonyl (C=O) groups excluding carboxylic acids is 1. The number of anilines is 1. The molecule has 1 unspecified atom stereocenters. The minimum absolute atomic E-state index is 0.0915. The van der Waals surface area contributed by atoms with Gasteiger partial charge in [-0.05, 0) is 66.4 Å². The van der Waals surface area contributed by atoms with Gasteiger partial charge in [-0.2, -0.15) is 0 Å². The van der Waals surface area contributed by atoms with E-state index in [1.807, 2.05) is 65.4 Å². The van der Waals surface area contributed by atoms with Crippen LogP contribution in [-0.2, 0) is 21.2 Å². The number of nitrogen functional groups attached to an aromatic ring is 1. The zero-order valence-electron chi connectivity index (χ0n) is 17.9. The summed E-state index contributed by atoms with van der Waals surface area (Å²) < 4.78 is 38.1. The number of fused-ring (bicyclic) bond motifs is 1. The third kappa shape index (κ3) is 4.66. The predicted molar refractivity (Wildman–Crippen MR) is 125 cm³/mol. The molecule has 1 fully saturated rings. The molecule has 1 aliphatic carbocycles. The molecule has 2 atom stereocenters. The first kappa shape index (κ1) is 21.3. The van der Waals surface area contributed by atoms with E-state index in [0.717, 1.165) is 41.0 Å². The van der Waals surface area contributed by atoms with E-state index in [1.54, 1.807) is 0 Å². The smallest absolute Gasteiger partial charge is 0.235 e. The fourth-order valence-corrected chi connectivity index (χ4v) is 5.82. The van der Waals surface area contributed by atoms with E-state index in [4.69, 9.17) is 15.2 Å². The lowest BCUT2D eigenvalue weighted by Gasteiger charge is -2.23. The molecular formula is C25H24N2O5S. The number of benzene rings is 3. The van der Waals surface area contributed by atoms with Gasteiger partial charge in [-0.15, -0.1) is 0 Å². The van der Waals surface area contributed by atoms with Gasteiger partial charge in [0.25, 0.3) is 0 Å². The van der Waals surface area contributed by atoms with Crippen LogP contribution in [0.4, 0.5) is 5.69 Å². The fraction of sp³-hybridized carbons (Fsp3) is 0.240. The van der Waals surface area contributed by atoms with Gasteiger partial charge < -0.3 is 15.2 Å². The highest BCUT2D eigenvalue weighted by atomic mass is 32.2. The highest BCUT2D eigenvalue weighted by Crippen LogP contribution is 2.41. The van der Waals surface area contributed by atoms with Crippen LogP contribution in [0.25, 0.3) is 0 Å². The normalized spacial score (nSPS) is 21.2. The lowest BCUT2D eigenvalue weighted by atomic mass is 9.97. The highest BCUT2D eigenvalue weighted by Gasteiger charge is 2.31. The molecule has 0 bridgehead atoms. The van der Waals surface area contributed by atoms with Crippen molar-refractivity contribution in [2.24, 2.45) is 0 Å². The third-order valence-electron chi connectivity index (χ3n) is 6.03. The summed E-state index contributed by atoms with van der Waals surface area (Å²) in [4.78, 5) is 11.7. The number of sulfonamides is 1. The van der Waals surface area contributed by atoms with Gasteiger partial charge in [-0.25, -0.2) is 8.42 Å². The topological polar surface area (TPSA) is 108 Å². The number of nitrogens with one attached hydrogen (secondary N) is 1. The van der Waals surface area contributed by atoms with Crippen LogP contribution in [0.1, 0.15) is 41.6 Å². The first-order valence-corrected chi connectivity index (χ1v) is 12.5. The SMILES string of the molecule is Nc1ccc(Oc2cccc3c2CC[C@H]3Oc2ccc(C3CC(=O)NS(=O)(=O)C3)cc2)cc1. The first-order valence-electron chi connectivity index (χ1n) is 10.8. The quantitative estimate of drug-likeness (QED) is 0.552. The third-order valence-corrected chi connectivity index (χ3v) is 7.41. The highest BCUT2D eigenvalue weighted by molar-refractivity contribution is 7.90. The second-order valence-electron chi connectivity index (χ2n) is 8.42. The number of hydrogen-bond acceptors (Lipinski definition) is 6. The maximum absolute atomic E-state index is 11.8. The number of carbonyl (C=O) groups is 1. The molecule has 1 heterocycles. The molecule has 5 rings (SSSR count). The first-order chi connectivity index (χ1) is 15.9. The standard InChI is InChI=1S/C25H24N2O5S/c26-18-6-10-20(11-7-18)31-23-3-1-2-21-22(23)12-13-24(21)32-19-8-4-16(5-9-19)17-14-25(28)27-33(29,30)15-17/h1-11,17,24H,12-15,26H2,(H,27,28)/t17?,24-/m1/s1. The predicted octanol–water partition coefficient (Wildman–Crippen LogP) is 4.06. The van der Waals surface area contributed by atoms with Crippen LogP contribution >= 0.6 is 0 Å². The molecule has 0 saturated carbocycles. The monoisotopic (exact) mass is 464 g/mol.